The van der Waals surface area contributed by atoms with Gasteiger partial charge in [-0.3, -0.25) is 4.79 Å². The second kappa shape index (κ2) is 4.94. The summed E-state index contributed by atoms with van der Waals surface area (Å²) < 4.78 is 0. The molecular weight excluding hydrogens is 228 g/mol. The Morgan fingerprint density at radius 3 is 2.72 bits per heavy atom. The predicted molar refractivity (Wildman–Crippen MR) is 71.3 cm³/mol. The van der Waals surface area contributed by atoms with Crippen LogP contribution < -0.4 is 11.1 Å². The van der Waals surface area contributed by atoms with Crippen molar-refractivity contribution in [3.05, 3.63) is 23.9 Å². The van der Waals surface area contributed by atoms with Crippen LogP contribution in [0.5, 0.6) is 0 Å². The molecule has 5 nitrogen and oxygen atoms in total. The number of carbonyl (C=O) groups excluding carboxylic acids is 1. The van der Waals surface area contributed by atoms with Gasteiger partial charge >= 0.3 is 0 Å². The molecule has 0 atom stereocenters. The SMILES string of the molecule is CN(C)C1(CNC(=O)c2cccc(N)n2)CCC1. The van der Waals surface area contributed by atoms with Crippen LogP contribution in [0.2, 0.25) is 0 Å². The topological polar surface area (TPSA) is 71.2 Å². The number of pyridine rings is 1. The Morgan fingerprint density at radius 1 is 1.50 bits per heavy atom. The van der Waals surface area contributed by atoms with Crippen molar-refractivity contribution in [1.82, 2.24) is 15.2 Å². The highest BCUT2D eigenvalue weighted by atomic mass is 16.1. The summed E-state index contributed by atoms with van der Waals surface area (Å²) >= 11 is 0. The molecule has 1 amide bonds. The van der Waals surface area contributed by atoms with E-state index in [4.69, 9.17) is 5.73 Å². The lowest BCUT2D eigenvalue weighted by Crippen LogP contribution is -2.57. The predicted octanol–water partition coefficient (Wildman–Crippen LogP) is 0.878. The third-order valence-electron chi connectivity index (χ3n) is 3.81. The highest BCUT2D eigenvalue weighted by molar-refractivity contribution is 5.92. The molecule has 0 aliphatic heterocycles. The van der Waals surface area contributed by atoms with Crippen molar-refractivity contribution >= 4 is 11.7 Å². The minimum absolute atomic E-state index is 0.121. The Hall–Kier alpha value is -1.62. The molecule has 1 heterocycles. The summed E-state index contributed by atoms with van der Waals surface area (Å²) in [6.45, 7) is 0.662. The normalized spacial score (nSPS) is 17.3. The molecule has 0 aromatic carbocycles. The van der Waals surface area contributed by atoms with E-state index < -0.39 is 0 Å². The zero-order valence-corrected chi connectivity index (χ0v) is 10.9. The average Bonchev–Trinajstić information content (AvgIpc) is 2.26. The van der Waals surface area contributed by atoms with E-state index in [1.54, 1.807) is 18.2 Å². The first kappa shape index (κ1) is 12.8. The number of hydrogen-bond donors (Lipinski definition) is 2. The van der Waals surface area contributed by atoms with E-state index in [0.29, 0.717) is 18.1 Å². The number of nitrogen functional groups attached to an aromatic ring is 1. The monoisotopic (exact) mass is 248 g/mol. The third kappa shape index (κ3) is 2.46. The number of aromatic nitrogens is 1. The zero-order valence-electron chi connectivity index (χ0n) is 10.9. The number of nitrogens with zero attached hydrogens (tertiary/aromatic N) is 2. The lowest BCUT2D eigenvalue weighted by Gasteiger charge is -2.47. The Morgan fingerprint density at radius 2 is 2.22 bits per heavy atom. The van der Waals surface area contributed by atoms with Crippen LogP contribution >= 0.6 is 0 Å². The van der Waals surface area contributed by atoms with Crippen molar-refractivity contribution in [3.63, 3.8) is 0 Å². The van der Waals surface area contributed by atoms with E-state index in [9.17, 15) is 4.79 Å². The number of anilines is 1. The summed E-state index contributed by atoms with van der Waals surface area (Å²) in [6, 6.07) is 5.08. The van der Waals surface area contributed by atoms with Gasteiger partial charge in [-0.05, 0) is 45.5 Å². The highest BCUT2D eigenvalue weighted by Crippen LogP contribution is 2.35. The van der Waals surface area contributed by atoms with E-state index >= 15 is 0 Å². The van der Waals surface area contributed by atoms with Gasteiger partial charge in [0.15, 0.2) is 0 Å². The first-order valence-corrected chi connectivity index (χ1v) is 6.22. The Kier molecular flexibility index (Phi) is 3.52. The van der Waals surface area contributed by atoms with Crippen molar-refractivity contribution in [2.45, 2.75) is 24.8 Å². The van der Waals surface area contributed by atoms with Gasteiger partial charge < -0.3 is 16.0 Å². The first-order valence-electron chi connectivity index (χ1n) is 6.22. The van der Waals surface area contributed by atoms with Crippen LogP contribution in [0.4, 0.5) is 5.82 Å². The van der Waals surface area contributed by atoms with Crippen LogP contribution in [0.25, 0.3) is 0 Å². The van der Waals surface area contributed by atoms with E-state index in [2.05, 4.69) is 29.3 Å². The second-order valence-corrected chi connectivity index (χ2v) is 5.10. The minimum atomic E-state index is -0.157. The largest absolute Gasteiger partial charge is 0.384 e. The molecule has 1 aliphatic rings. The summed E-state index contributed by atoms with van der Waals surface area (Å²) in [4.78, 5) is 18.2. The molecule has 1 aromatic heterocycles. The number of carbonyl (C=O) groups is 1. The van der Waals surface area contributed by atoms with Gasteiger partial charge in [-0.1, -0.05) is 6.07 Å². The molecule has 0 spiro atoms. The van der Waals surface area contributed by atoms with Crippen molar-refractivity contribution in [2.75, 3.05) is 26.4 Å². The van der Waals surface area contributed by atoms with E-state index in [0.717, 1.165) is 12.8 Å². The fraction of sp³-hybridized carbons (Fsp3) is 0.538. The summed E-state index contributed by atoms with van der Waals surface area (Å²) in [6.07, 6.45) is 3.49. The van der Waals surface area contributed by atoms with Crippen LogP contribution in [0.1, 0.15) is 29.8 Å². The van der Waals surface area contributed by atoms with Gasteiger partial charge in [-0.15, -0.1) is 0 Å². The lowest BCUT2D eigenvalue weighted by atomic mass is 9.75. The van der Waals surface area contributed by atoms with E-state index in [1.807, 2.05) is 0 Å². The fourth-order valence-electron chi connectivity index (χ4n) is 2.28. The number of nitrogens with one attached hydrogen (secondary N) is 1. The van der Waals surface area contributed by atoms with Gasteiger partial charge in [0.1, 0.15) is 11.5 Å². The molecule has 2 rings (SSSR count). The van der Waals surface area contributed by atoms with Gasteiger partial charge in [0.2, 0.25) is 0 Å². The number of hydrogen-bond acceptors (Lipinski definition) is 4. The standard InChI is InChI=1S/C13H20N4O/c1-17(2)13(7-4-8-13)9-15-12(18)10-5-3-6-11(14)16-10/h3,5-6H,4,7-9H2,1-2H3,(H2,14,16)(H,15,18). The molecule has 0 unspecified atom stereocenters. The van der Waals surface area contributed by atoms with Crippen molar-refractivity contribution in [3.8, 4) is 0 Å². The number of amides is 1. The van der Waals surface area contributed by atoms with E-state index in [1.165, 1.54) is 6.42 Å². The molecule has 5 heteroatoms. The second-order valence-electron chi connectivity index (χ2n) is 5.10. The molecule has 1 fully saturated rings. The summed E-state index contributed by atoms with van der Waals surface area (Å²) in [5.74, 6) is 0.212. The smallest absolute Gasteiger partial charge is 0.270 e. The van der Waals surface area contributed by atoms with Crippen molar-refractivity contribution < 1.29 is 4.79 Å². The van der Waals surface area contributed by atoms with E-state index in [-0.39, 0.29) is 11.4 Å². The quantitative estimate of drug-likeness (QED) is 0.829. The third-order valence-corrected chi connectivity index (χ3v) is 3.81. The molecule has 0 bridgehead atoms. The maximum atomic E-state index is 12.0. The maximum absolute atomic E-state index is 12.0. The molecule has 1 saturated carbocycles. The van der Waals surface area contributed by atoms with Crippen LogP contribution in [0.3, 0.4) is 0 Å². The summed E-state index contributed by atoms with van der Waals surface area (Å²) in [5, 5.41) is 2.95. The molecule has 3 N–H and O–H groups in total. The van der Waals surface area contributed by atoms with Gasteiger partial charge in [0.05, 0.1) is 0 Å². The Balaban J connectivity index is 1.96. The van der Waals surface area contributed by atoms with Gasteiger partial charge in [0, 0.05) is 12.1 Å². The summed E-state index contributed by atoms with van der Waals surface area (Å²) in [7, 11) is 4.12. The van der Waals surface area contributed by atoms with Crippen LogP contribution in [0.15, 0.2) is 18.2 Å². The van der Waals surface area contributed by atoms with Crippen molar-refractivity contribution in [1.29, 1.82) is 0 Å². The van der Waals surface area contributed by atoms with Gasteiger partial charge in [0.25, 0.3) is 5.91 Å². The molecule has 0 radical (unpaired) electrons. The van der Waals surface area contributed by atoms with Gasteiger partial charge in [-0.2, -0.15) is 0 Å². The maximum Gasteiger partial charge on any atom is 0.270 e. The number of rotatable bonds is 4. The Labute approximate surface area is 107 Å². The first-order chi connectivity index (χ1) is 8.53. The van der Waals surface area contributed by atoms with Crippen LogP contribution in [-0.4, -0.2) is 42.0 Å². The average molecular weight is 248 g/mol. The fourth-order valence-corrected chi connectivity index (χ4v) is 2.28. The molecule has 0 saturated heterocycles. The zero-order chi connectivity index (χ0) is 13.2. The number of nitrogens with two attached hydrogens (primary N) is 1. The van der Waals surface area contributed by atoms with Crippen LogP contribution in [0, 0.1) is 0 Å². The van der Waals surface area contributed by atoms with Crippen molar-refractivity contribution in [2.24, 2.45) is 0 Å². The molecular formula is C13H20N4O. The molecule has 98 valence electrons. The summed E-state index contributed by atoms with van der Waals surface area (Å²) in [5.41, 5.74) is 6.06. The van der Waals surface area contributed by atoms with Crippen LogP contribution in [-0.2, 0) is 0 Å². The molecule has 1 aromatic rings. The highest BCUT2D eigenvalue weighted by Gasteiger charge is 2.39. The number of likely N-dealkylation sites (N-methyl/N-ethyl adjacent to an activating group) is 1. The molecule has 18 heavy (non-hydrogen) atoms. The lowest BCUT2D eigenvalue weighted by molar-refractivity contribution is 0.0556. The minimum Gasteiger partial charge on any atom is -0.384 e. The van der Waals surface area contributed by atoms with Gasteiger partial charge in [-0.25, -0.2) is 4.98 Å². The molecule has 1 aliphatic carbocycles. The Bertz CT molecular complexity index is 440.